The number of nitrogens with one attached hydrogen (secondary N) is 1. The van der Waals surface area contributed by atoms with Crippen molar-refractivity contribution in [2.75, 3.05) is 5.32 Å². The summed E-state index contributed by atoms with van der Waals surface area (Å²) in [6.07, 6.45) is 5.38. The molecule has 2 heteroatoms. The van der Waals surface area contributed by atoms with Crippen molar-refractivity contribution in [1.82, 2.24) is 0 Å². The molecule has 0 saturated carbocycles. The van der Waals surface area contributed by atoms with Crippen LogP contribution in [0.3, 0.4) is 0 Å². The molecular formula is C16H14BrN. The molecule has 0 aliphatic carbocycles. The molecule has 2 rings (SSSR count). The number of hydrogen-bond donors (Lipinski definition) is 1. The van der Waals surface area contributed by atoms with E-state index in [1.54, 1.807) is 0 Å². The molecule has 0 aromatic heterocycles. The summed E-state index contributed by atoms with van der Waals surface area (Å²) in [4.78, 5) is 0. The van der Waals surface area contributed by atoms with Gasteiger partial charge in [-0.3, -0.25) is 0 Å². The number of halogens is 1. The van der Waals surface area contributed by atoms with Gasteiger partial charge in [-0.2, -0.15) is 0 Å². The molecule has 1 nitrogen and oxygen atoms in total. The third-order valence-electron chi connectivity index (χ3n) is 2.76. The van der Waals surface area contributed by atoms with Crippen molar-refractivity contribution in [2.45, 2.75) is 13.5 Å². The highest BCUT2D eigenvalue weighted by molar-refractivity contribution is 9.10. The molecule has 0 saturated heterocycles. The number of benzene rings is 2. The summed E-state index contributed by atoms with van der Waals surface area (Å²) < 4.78 is 1.14. The van der Waals surface area contributed by atoms with Gasteiger partial charge in [0.25, 0.3) is 0 Å². The standard InChI is InChI=1S/C16H14BrN/c1-3-13-5-4-6-15(9-13)18-11-14-8-7-12(2)16(17)10-14/h1,4-10,18H,11H2,2H3. The molecule has 2 aromatic rings. The van der Waals surface area contributed by atoms with Gasteiger partial charge in [0.2, 0.25) is 0 Å². The Hall–Kier alpha value is -1.72. The van der Waals surface area contributed by atoms with Gasteiger partial charge in [0, 0.05) is 22.3 Å². The Morgan fingerprint density at radius 3 is 2.78 bits per heavy atom. The minimum atomic E-state index is 0.785. The number of hydrogen-bond acceptors (Lipinski definition) is 1. The van der Waals surface area contributed by atoms with Gasteiger partial charge in [0.1, 0.15) is 0 Å². The van der Waals surface area contributed by atoms with E-state index in [0.717, 1.165) is 22.3 Å². The number of rotatable bonds is 3. The molecule has 2 aromatic carbocycles. The number of anilines is 1. The fourth-order valence-electron chi connectivity index (χ4n) is 1.67. The maximum atomic E-state index is 5.38. The van der Waals surface area contributed by atoms with Crippen LogP contribution < -0.4 is 5.32 Å². The van der Waals surface area contributed by atoms with Crippen molar-refractivity contribution in [3.63, 3.8) is 0 Å². The Morgan fingerprint density at radius 2 is 2.06 bits per heavy atom. The summed E-state index contributed by atoms with van der Waals surface area (Å²) in [7, 11) is 0. The zero-order valence-corrected chi connectivity index (χ0v) is 11.8. The molecule has 0 aliphatic rings. The van der Waals surface area contributed by atoms with Crippen LogP contribution in [0, 0.1) is 19.3 Å². The van der Waals surface area contributed by atoms with Crippen molar-refractivity contribution in [2.24, 2.45) is 0 Å². The van der Waals surface area contributed by atoms with Gasteiger partial charge in [-0.25, -0.2) is 0 Å². The van der Waals surface area contributed by atoms with Crippen molar-refractivity contribution in [3.05, 3.63) is 63.6 Å². The molecule has 0 fully saturated rings. The van der Waals surface area contributed by atoms with Gasteiger partial charge in [-0.15, -0.1) is 6.42 Å². The topological polar surface area (TPSA) is 12.0 Å². The fraction of sp³-hybridized carbons (Fsp3) is 0.125. The van der Waals surface area contributed by atoms with Gasteiger partial charge >= 0.3 is 0 Å². The normalized spacial score (nSPS) is 9.83. The Kier molecular flexibility index (Phi) is 4.07. The second-order valence-electron chi connectivity index (χ2n) is 4.16. The third kappa shape index (κ3) is 3.15. The van der Waals surface area contributed by atoms with Gasteiger partial charge in [-0.1, -0.05) is 40.0 Å². The quantitative estimate of drug-likeness (QED) is 0.831. The van der Waals surface area contributed by atoms with E-state index < -0.39 is 0 Å². The van der Waals surface area contributed by atoms with Gasteiger partial charge in [0.05, 0.1) is 0 Å². The largest absolute Gasteiger partial charge is 0.381 e. The van der Waals surface area contributed by atoms with Crippen LogP contribution in [0.4, 0.5) is 5.69 Å². The summed E-state index contributed by atoms with van der Waals surface area (Å²) in [6, 6.07) is 14.2. The van der Waals surface area contributed by atoms with Crippen molar-refractivity contribution in [1.29, 1.82) is 0 Å². The first-order valence-corrected chi connectivity index (χ1v) is 6.54. The summed E-state index contributed by atoms with van der Waals surface area (Å²) in [5.74, 6) is 2.63. The van der Waals surface area contributed by atoms with E-state index in [1.165, 1.54) is 11.1 Å². The van der Waals surface area contributed by atoms with Gasteiger partial charge < -0.3 is 5.32 Å². The van der Waals surface area contributed by atoms with Crippen molar-refractivity contribution < 1.29 is 0 Å². The molecule has 1 N–H and O–H groups in total. The first-order valence-electron chi connectivity index (χ1n) is 5.74. The third-order valence-corrected chi connectivity index (χ3v) is 3.62. The zero-order valence-electron chi connectivity index (χ0n) is 10.2. The zero-order chi connectivity index (χ0) is 13.0. The lowest BCUT2D eigenvalue weighted by molar-refractivity contribution is 1.14. The molecule has 90 valence electrons. The number of terminal acetylenes is 1. The van der Waals surface area contributed by atoms with Crippen LogP contribution in [0.15, 0.2) is 46.9 Å². The molecule has 0 bridgehead atoms. The minimum absolute atomic E-state index is 0.785. The average molecular weight is 300 g/mol. The Bertz CT molecular complexity index is 596. The lowest BCUT2D eigenvalue weighted by Crippen LogP contribution is -1.99. The first kappa shape index (κ1) is 12.7. The van der Waals surface area contributed by atoms with Crippen LogP contribution >= 0.6 is 15.9 Å². The average Bonchev–Trinajstić information content (AvgIpc) is 2.40. The molecule has 0 heterocycles. The molecule has 0 radical (unpaired) electrons. The monoisotopic (exact) mass is 299 g/mol. The lowest BCUT2D eigenvalue weighted by atomic mass is 10.1. The van der Waals surface area contributed by atoms with E-state index >= 15 is 0 Å². The van der Waals surface area contributed by atoms with E-state index in [-0.39, 0.29) is 0 Å². The van der Waals surface area contributed by atoms with Gasteiger partial charge in [-0.05, 0) is 42.3 Å². The molecular weight excluding hydrogens is 286 g/mol. The molecule has 0 amide bonds. The van der Waals surface area contributed by atoms with Crippen LogP contribution in [-0.4, -0.2) is 0 Å². The Balaban J connectivity index is 2.07. The summed E-state index contributed by atoms with van der Waals surface area (Å²) in [5, 5.41) is 3.37. The molecule has 18 heavy (non-hydrogen) atoms. The predicted molar refractivity (Wildman–Crippen MR) is 80.6 cm³/mol. The van der Waals surface area contributed by atoms with Crippen LogP contribution in [0.2, 0.25) is 0 Å². The van der Waals surface area contributed by atoms with Crippen molar-refractivity contribution >= 4 is 21.6 Å². The highest BCUT2D eigenvalue weighted by Crippen LogP contribution is 2.18. The first-order chi connectivity index (χ1) is 8.69. The van der Waals surface area contributed by atoms with Crippen LogP contribution in [-0.2, 0) is 6.54 Å². The minimum Gasteiger partial charge on any atom is -0.381 e. The molecule has 0 atom stereocenters. The van der Waals surface area contributed by atoms with E-state index in [1.807, 2.05) is 24.3 Å². The van der Waals surface area contributed by atoms with E-state index in [0.29, 0.717) is 0 Å². The maximum absolute atomic E-state index is 5.38. The number of aryl methyl sites for hydroxylation is 1. The van der Waals surface area contributed by atoms with E-state index in [2.05, 4.69) is 52.3 Å². The summed E-state index contributed by atoms with van der Waals surface area (Å²) >= 11 is 3.54. The molecule has 0 spiro atoms. The lowest BCUT2D eigenvalue weighted by Gasteiger charge is -2.08. The predicted octanol–water partition coefficient (Wildman–Crippen LogP) is 4.35. The second kappa shape index (κ2) is 5.75. The highest BCUT2D eigenvalue weighted by Gasteiger charge is 1.98. The van der Waals surface area contributed by atoms with Crippen molar-refractivity contribution in [3.8, 4) is 12.3 Å². The highest BCUT2D eigenvalue weighted by atomic mass is 79.9. The molecule has 0 aliphatic heterocycles. The van der Waals surface area contributed by atoms with E-state index in [4.69, 9.17) is 6.42 Å². The SMILES string of the molecule is C#Cc1cccc(NCc2ccc(C)c(Br)c2)c1. The van der Waals surface area contributed by atoms with Crippen LogP contribution in [0.1, 0.15) is 16.7 Å². The Morgan fingerprint density at radius 1 is 1.22 bits per heavy atom. The summed E-state index contributed by atoms with van der Waals surface area (Å²) in [6.45, 7) is 2.87. The van der Waals surface area contributed by atoms with Crippen LogP contribution in [0.5, 0.6) is 0 Å². The van der Waals surface area contributed by atoms with Gasteiger partial charge in [0.15, 0.2) is 0 Å². The smallest absolute Gasteiger partial charge is 0.0401 e. The maximum Gasteiger partial charge on any atom is 0.0401 e. The van der Waals surface area contributed by atoms with Crippen LogP contribution in [0.25, 0.3) is 0 Å². The fourth-order valence-corrected chi connectivity index (χ4v) is 2.10. The summed E-state index contributed by atoms with van der Waals surface area (Å²) in [5.41, 5.74) is 4.42. The second-order valence-corrected chi connectivity index (χ2v) is 5.02. The van der Waals surface area contributed by atoms with E-state index in [9.17, 15) is 0 Å². The Labute approximate surface area is 116 Å². The molecule has 0 unspecified atom stereocenters.